The molecule has 41 heavy (non-hydrogen) atoms. The Kier molecular flexibility index (Phi) is 7.36. The molecule has 0 radical (unpaired) electrons. The highest BCUT2D eigenvalue weighted by Crippen LogP contribution is 2.39. The average molecular weight is 576 g/mol. The molecular formula is C24H23F3N8O6. The summed E-state index contributed by atoms with van der Waals surface area (Å²) in [5.41, 5.74) is 9.25. The third-order valence-electron chi connectivity index (χ3n) is 6.34. The number of aliphatic carboxylic acids is 1. The Morgan fingerprint density at radius 1 is 1.22 bits per heavy atom. The summed E-state index contributed by atoms with van der Waals surface area (Å²) in [6, 6.07) is 5.63. The zero-order chi connectivity index (χ0) is 29.3. The molecule has 1 saturated heterocycles. The van der Waals surface area contributed by atoms with Gasteiger partial charge in [0.05, 0.1) is 16.8 Å². The average Bonchev–Trinajstić information content (AvgIpc) is 3.74. The van der Waals surface area contributed by atoms with Crippen LogP contribution in [0.4, 0.5) is 19.0 Å². The number of nitrogens with zero attached hydrogens (tertiary/aromatic N) is 5. The molecule has 17 heteroatoms. The number of rotatable bonds is 5. The first-order valence-electron chi connectivity index (χ1n) is 12.3. The van der Waals surface area contributed by atoms with E-state index in [-0.39, 0.29) is 24.6 Å². The number of benzene rings is 1. The number of halogens is 3. The number of carbonyl (C=O) groups excluding carboxylic acids is 1. The van der Waals surface area contributed by atoms with Crippen LogP contribution in [-0.4, -0.2) is 73.9 Å². The molecule has 1 amide bonds. The fourth-order valence-electron chi connectivity index (χ4n) is 4.44. The van der Waals surface area contributed by atoms with E-state index in [9.17, 15) is 18.0 Å². The van der Waals surface area contributed by atoms with Crippen LogP contribution in [0.25, 0.3) is 33.8 Å². The third-order valence-corrected chi connectivity index (χ3v) is 6.34. The van der Waals surface area contributed by atoms with Crippen molar-refractivity contribution < 1.29 is 42.0 Å². The number of nitrogen functional groups attached to an aromatic ring is 1. The fourth-order valence-corrected chi connectivity index (χ4v) is 4.44. The number of aryl methyl sites for hydroxylation is 1. The van der Waals surface area contributed by atoms with Crippen molar-refractivity contribution in [1.82, 2.24) is 35.5 Å². The monoisotopic (exact) mass is 576 g/mol. The number of hydrogen-bond acceptors (Lipinski definition) is 11. The smallest absolute Gasteiger partial charge is 0.475 e. The normalized spacial score (nSPS) is 16.0. The highest BCUT2D eigenvalue weighted by atomic mass is 19.4. The minimum absolute atomic E-state index is 0.0592. The predicted molar refractivity (Wildman–Crippen MR) is 135 cm³/mol. The van der Waals surface area contributed by atoms with Gasteiger partial charge in [-0.1, -0.05) is 0 Å². The van der Waals surface area contributed by atoms with Gasteiger partial charge in [0, 0.05) is 30.9 Å². The Morgan fingerprint density at radius 2 is 1.98 bits per heavy atom. The van der Waals surface area contributed by atoms with E-state index in [1.54, 1.807) is 6.20 Å². The van der Waals surface area contributed by atoms with E-state index in [1.165, 1.54) is 0 Å². The Morgan fingerprint density at radius 3 is 2.61 bits per heavy atom. The van der Waals surface area contributed by atoms with Crippen LogP contribution in [-0.2, 0) is 11.3 Å². The number of aromatic nitrogens is 5. The molecule has 0 saturated carbocycles. The summed E-state index contributed by atoms with van der Waals surface area (Å²) in [6.07, 6.45) is -2.63. The lowest BCUT2D eigenvalue weighted by molar-refractivity contribution is -0.192. The van der Waals surface area contributed by atoms with Crippen molar-refractivity contribution in [2.75, 3.05) is 25.6 Å². The molecule has 4 aromatic rings. The number of carbonyl (C=O) groups is 2. The maximum atomic E-state index is 13.3. The van der Waals surface area contributed by atoms with Crippen LogP contribution < -0.4 is 25.8 Å². The van der Waals surface area contributed by atoms with Crippen molar-refractivity contribution in [3.63, 3.8) is 0 Å². The van der Waals surface area contributed by atoms with Crippen molar-refractivity contribution >= 4 is 28.7 Å². The minimum Gasteiger partial charge on any atom is -0.475 e. The van der Waals surface area contributed by atoms with Gasteiger partial charge in [-0.2, -0.15) is 13.2 Å². The topological polar surface area (TPSA) is 193 Å². The second-order valence-corrected chi connectivity index (χ2v) is 8.93. The van der Waals surface area contributed by atoms with Crippen LogP contribution in [0.3, 0.4) is 0 Å². The highest BCUT2D eigenvalue weighted by Gasteiger charge is 2.38. The summed E-state index contributed by atoms with van der Waals surface area (Å²) in [6.45, 7) is 4.24. The Labute approximate surface area is 228 Å². The largest absolute Gasteiger partial charge is 0.490 e. The number of amides is 1. The molecule has 0 spiro atoms. The van der Waals surface area contributed by atoms with Crippen LogP contribution in [0, 0.1) is 0 Å². The van der Waals surface area contributed by atoms with E-state index in [2.05, 4.69) is 25.9 Å². The van der Waals surface area contributed by atoms with Crippen LogP contribution in [0.5, 0.6) is 11.5 Å². The number of ether oxygens (including phenoxy) is 2. The fraction of sp³-hybridized carbons (Fsp3) is 0.333. The molecule has 1 fully saturated rings. The summed E-state index contributed by atoms with van der Waals surface area (Å²) in [4.78, 5) is 31.7. The number of nitrogens with one attached hydrogen (secondary N) is 2. The van der Waals surface area contributed by atoms with E-state index in [0.717, 1.165) is 25.1 Å². The number of imidazole rings is 1. The van der Waals surface area contributed by atoms with Crippen LogP contribution in [0.15, 0.2) is 29.0 Å². The zero-order valence-corrected chi connectivity index (χ0v) is 21.4. The summed E-state index contributed by atoms with van der Waals surface area (Å²) in [5.74, 6) is -1.11. The van der Waals surface area contributed by atoms with Gasteiger partial charge in [0.25, 0.3) is 5.91 Å². The maximum Gasteiger partial charge on any atom is 0.490 e. The van der Waals surface area contributed by atoms with Gasteiger partial charge in [0.2, 0.25) is 6.79 Å². The lowest BCUT2D eigenvalue weighted by Crippen LogP contribution is -2.36. The van der Waals surface area contributed by atoms with E-state index in [1.807, 2.05) is 29.7 Å². The van der Waals surface area contributed by atoms with Gasteiger partial charge < -0.3 is 35.5 Å². The molecule has 2 aliphatic heterocycles. The minimum atomic E-state index is -5.08. The molecule has 0 aliphatic carbocycles. The van der Waals surface area contributed by atoms with Crippen LogP contribution in [0.1, 0.15) is 23.7 Å². The Bertz CT molecular complexity index is 1610. The number of carboxylic acids is 1. The molecule has 2 aliphatic rings. The van der Waals surface area contributed by atoms with Gasteiger partial charge in [-0.25, -0.2) is 14.4 Å². The first-order valence-corrected chi connectivity index (χ1v) is 12.3. The summed E-state index contributed by atoms with van der Waals surface area (Å²) in [7, 11) is 0. The molecule has 1 unspecified atom stereocenters. The Balaban J connectivity index is 0.000000431. The first kappa shape index (κ1) is 27.6. The molecule has 3 aromatic heterocycles. The SMILES string of the molecule is CCn1c(-c2nonc2N)nc2c(-c3ccc4c(c3)OCO4)ncc(C(=O)NC3CCNC3)c21.O=C(O)C(F)(F)F. The highest BCUT2D eigenvalue weighted by molar-refractivity contribution is 6.08. The third kappa shape index (κ3) is 5.43. The van der Waals surface area contributed by atoms with Crippen molar-refractivity contribution in [1.29, 1.82) is 0 Å². The van der Waals surface area contributed by atoms with Crippen molar-refractivity contribution in [2.24, 2.45) is 0 Å². The quantitative estimate of drug-likeness (QED) is 0.271. The first-order chi connectivity index (χ1) is 19.6. The van der Waals surface area contributed by atoms with Crippen molar-refractivity contribution in [3.05, 3.63) is 30.0 Å². The standard InChI is InChI=1S/C22H22N8O4.C2HF3O2/c1-2-30-19-13(22(31)26-12-5-6-24-8-12)9-25-16(11-3-4-14-15(7-11)33-10-32-14)17(19)27-21(30)18-20(23)29-34-28-18;3-2(4,5)1(6)7/h3-4,7,9,12,24H,2,5-6,8,10H2,1H3,(H2,23,29)(H,26,31);(H,6,7). The molecule has 1 aromatic carbocycles. The number of hydrogen-bond donors (Lipinski definition) is 4. The zero-order valence-electron chi connectivity index (χ0n) is 21.4. The van der Waals surface area contributed by atoms with Crippen LogP contribution >= 0.6 is 0 Å². The lowest BCUT2D eigenvalue weighted by atomic mass is 10.1. The maximum absolute atomic E-state index is 13.3. The summed E-state index contributed by atoms with van der Waals surface area (Å²) >= 11 is 0. The van der Waals surface area contributed by atoms with Gasteiger partial charge in [-0.3, -0.25) is 9.78 Å². The van der Waals surface area contributed by atoms with Crippen LogP contribution in [0.2, 0.25) is 0 Å². The number of carboxylic acid groups (broad SMARTS) is 1. The van der Waals surface area contributed by atoms with Crippen molar-refractivity contribution in [3.8, 4) is 34.3 Å². The molecule has 5 N–H and O–H groups in total. The van der Waals surface area contributed by atoms with Gasteiger partial charge in [-0.05, 0) is 48.4 Å². The molecule has 5 heterocycles. The van der Waals surface area contributed by atoms with Gasteiger partial charge in [0.15, 0.2) is 28.8 Å². The predicted octanol–water partition coefficient (Wildman–Crippen LogP) is 2.20. The molecule has 216 valence electrons. The number of fused-ring (bicyclic) bond motifs is 2. The number of alkyl halides is 3. The second-order valence-electron chi connectivity index (χ2n) is 8.93. The van der Waals surface area contributed by atoms with E-state index >= 15 is 0 Å². The number of pyridine rings is 1. The molecule has 0 bridgehead atoms. The molecule has 1 atom stereocenters. The summed E-state index contributed by atoms with van der Waals surface area (Å²) < 4.78 is 49.4. The van der Waals surface area contributed by atoms with Gasteiger partial charge >= 0.3 is 12.1 Å². The molecule has 6 rings (SSSR count). The Hall–Kier alpha value is -4.93. The van der Waals surface area contributed by atoms with E-state index in [4.69, 9.17) is 34.7 Å². The van der Waals surface area contributed by atoms with E-state index in [0.29, 0.717) is 51.9 Å². The molecule has 14 nitrogen and oxygen atoms in total. The number of nitrogens with two attached hydrogens (primary N) is 1. The number of anilines is 1. The van der Waals surface area contributed by atoms with Gasteiger partial charge in [0.1, 0.15) is 5.52 Å². The van der Waals surface area contributed by atoms with Gasteiger partial charge in [-0.15, -0.1) is 0 Å². The van der Waals surface area contributed by atoms with E-state index < -0.39 is 12.1 Å². The molecular weight excluding hydrogens is 553 g/mol. The lowest BCUT2D eigenvalue weighted by Gasteiger charge is -2.14. The second kappa shape index (κ2) is 10.9. The van der Waals surface area contributed by atoms with Crippen molar-refractivity contribution in [2.45, 2.75) is 32.1 Å². The summed E-state index contributed by atoms with van der Waals surface area (Å²) in [5, 5.41) is 21.1.